The van der Waals surface area contributed by atoms with E-state index in [0.717, 1.165) is 18.4 Å². The Balaban J connectivity index is 2.37. The molecular weight excluding hydrogens is 296 g/mol. The fraction of sp³-hybridized carbons (Fsp3) is 0.571. The molecule has 0 radical (unpaired) electrons. The largest absolute Gasteiger partial charge is 0.326 e. The lowest BCUT2D eigenvalue weighted by atomic mass is 9.94. The van der Waals surface area contributed by atoms with Crippen molar-refractivity contribution >= 4 is 21.6 Å². The summed E-state index contributed by atoms with van der Waals surface area (Å²) >= 11 is 6.08. The Kier molecular flexibility index (Phi) is 4.74. The van der Waals surface area contributed by atoms with Crippen molar-refractivity contribution in [3.05, 3.63) is 28.8 Å². The smallest absolute Gasteiger partial charge is 0.243 e. The zero-order chi connectivity index (χ0) is 14.9. The van der Waals surface area contributed by atoms with Gasteiger partial charge in [0.15, 0.2) is 0 Å². The summed E-state index contributed by atoms with van der Waals surface area (Å²) in [4.78, 5) is 0.251. The van der Waals surface area contributed by atoms with Crippen molar-refractivity contribution in [1.29, 1.82) is 0 Å². The second kappa shape index (κ2) is 6.02. The van der Waals surface area contributed by atoms with Gasteiger partial charge in [-0.25, -0.2) is 8.42 Å². The number of rotatable bonds is 3. The molecule has 0 amide bonds. The number of nitrogens with zero attached hydrogens (tertiary/aromatic N) is 1. The van der Waals surface area contributed by atoms with E-state index in [2.05, 4.69) is 6.92 Å². The first kappa shape index (κ1) is 15.8. The van der Waals surface area contributed by atoms with E-state index in [4.69, 9.17) is 17.3 Å². The fourth-order valence-electron chi connectivity index (χ4n) is 2.63. The molecule has 1 aliphatic heterocycles. The van der Waals surface area contributed by atoms with E-state index in [0.29, 0.717) is 24.0 Å². The van der Waals surface area contributed by atoms with Gasteiger partial charge in [-0.05, 0) is 43.4 Å². The van der Waals surface area contributed by atoms with Gasteiger partial charge < -0.3 is 5.73 Å². The van der Waals surface area contributed by atoms with Gasteiger partial charge in [0.2, 0.25) is 10.0 Å². The lowest BCUT2D eigenvalue weighted by molar-refractivity contribution is 0.202. The van der Waals surface area contributed by atoms with Crippen LogP contribution in [0.5, 0.6) is 0 Å². The van der Waals surface area contributed by atoms with Gasteiger partial charge >= 0.3 is 0 Å². The molecule has 1 fully saturated rings. The van der Waals surface area contributed by atoms with Crippen molar-refractivity contribution in [3.8, 4) is 0 Å². The Morgan fingerprint density at radius 3 is 2.70 bits per heavy atom. The maximum atomic E-state index is 12.7. The first-order valence-electron chi connectivity index (χ1n) is 6.88. The van der Waals surface area contributed by atoms with E-state index in [-0.39, 0.29) is 10.9 Å². The minimum absolute atomic E-state index is 0.0155. The Morgan fingerprint density at radius 2 is 2.10 bits per heavy atom. The number of hydrogen-bond donors (Lipinski definition) is 1. The van der Waals surface area contributed by atoms with Crippen molar-refractivity contribution in [2.24, 2.45) is 11.7 Å². The molecular formula is C14H21ClN2O2S. The van der Waals surface area contributed by atoms with Gasteiger partial charge in [-0.2, -0.15) is 4.31 Å². The molecule has 1 aliphatic rings. The van der Waals surface area contributed by atoms with Gasteiger partial charge in [-0.15, -0.1) is 0 Å². The summed E-state index contributed by atoms with van der Waals surface area (Å²) in [6.07, 6.45) is 1.97. The van der Waals surface area contributed by atoms with E-state index in [1.54, 1.807) is 16.4 Å². The Morgan fingerprint density at radius 1 is 1.40 bits per heavy atom. The molecule has 2 rings (SSSR count). The molecule has 0 aliphatic carbocycles. The lowest BCUT2D eigenvalue weighted by Crippen LogP contribution is -2.45. The summed E-state index contributed by atoms with van der Waals surface area (Å²) in [5.41, 5.74) is 6.30. The monoisotopic (exact) mass is 316 g/mol. The van der Waals surface area contributed by atoms with Crippen LogP contribution in [0.4, 0.5) is 0 Å². The molecule has 2 atom stereocenters. The van der Waals surface area contributed by atoms with Crippen LogP contribution in [0, 0.1) is 5.92 Å². The summed E-state index contributed by atoms with van der Waals surface area (Å²) in [7, 11) is -3.48. The fourth-order valence-corrected chi connectivity index (χ4v) is 4.74. The van der Waals surface area contributed by atoms with Crippen LogP contribution in [0.1, 0.15) is 32.3 Å². The van der Waals surface area contributed by atoms with Gasteiger partial charge in [-0.1, -0.05) is 24.6 Å². The molecule has 2 unspecified atom stereocenters. The average Bonchev–Trinajstić information content (AvgIpc) is 2.41. The highest BCUT2D eigenvalue weighted by Gasteiger charge is 2.34. The van der Waals surface area contributed by atoms with Crippen LogP contribution in [-0.2, 0) is 16.6 Å². The third kappa shape index (κ3) is 2.86. The quantitative estimate of drug-likeness (QED) is 0.932. The van der Waals surface area contributed by atoms with Crippen molar-refractivity contribution < 1.29 is 8.42 Å². The Labute approximate surface area is 126 Å². The van der Waals surface area contributed by atoms with Crippen LogP contribution >= 0.6 is 11.6 Å². The molecule has 4 nitrogen and oxygen atoms in total. The predicted octanol–water partition coefficient (Wildman–Crippen LogP) is 2.61. The van der Waals surface area contributed by atoms with E-state index < -0.39 is 10.0 Å². The predicted molar refractivity (Wildman–Crippen MR) is 81.1 cm³/mol. The SMILES string of the molecule is CC1CCCN(S(=O)(=O)c2ccc(CN)c(Cl)c2)C1C. The van der Waals surface area contributed by atoms with Crippen molar-refractivity contribution in [2.75, 3.05) is 6.54 Å². The second-order valence-corrected chi connectivity index (χ2v) is 7.73. The lowest BCUT2D eigenvalue weighted by Gasteiger charge is -2.36. The summed E-state index contributed by atoms with van der Waals surface area (Å²) in [5, 5.41) is 0.409. The van der Waals surface area contributed by atoms with Crippen LogP contribution in [-0.4, -0.2) is 25.3 Å². The zero-order valence-electron chi connectivity index (χ0n) is 11.8. The number of hydrogen-bond acceptors (Lipinski definition) is 3. The molecule has 1 heterocycles. The molecule has 0 saturated carbocycles. The van der Waals surface area contributed by atoms with Crippen LogP contribution < -0.4 is 5.73 Å². The number of halogens is 1. The first-order chi connectivity index (χ1) is 9.37. The summed E-state index contributed by atoms with van der Waals surface area (Å²) in [5.74, 6) is 0.373. The Bertz CT molecular complexity index is 589. The topological polar surface area (TPSA) is 63.4 Å². The van der Waals surface area contributed by atoms with Crippen molar-refractivity contribution in [2.45, 2.75) is 44.2 Å². The summed E-state index contributed by atoms with van der Waals surface area (Å²) in [6.45, 7) is 4.94. The molecule has 20 heavy (non-hydrogen) atoms. The Hall–Kier alpha value is -0.620. The number of sulfonamides is 1. The first-order valence-corrected chi connectivity index (χ1v) is 8.70. The normalized spacial score (nSPS) is 24.8. The van der Waals surface area contributed by atoms with Gasteiger partial charge in [0.1, 0.15) is 0 Å². The molecule has 1 aromatic carbocycles. The maximum absolute atomic E-state index is 12.7. The summed E-state index contributed by atoms with van der Waals surface area (Å²) < 4.78 is 27.1. The third-order valence-electron chi connectivity index (χ3n) is 4.17. The van der Waals surface area contributed by atoms with Gasteiger partial charge in [0.25, 0.3) is 0 Å². The summed E-state index contributed by atoms with van der Waals surface area (Å²) in [6, 6.07) is 4.80. The minimum atomic E-state index is -3.48. The molecule has 0 spiro atoms. The standard InChI is InChI=1S/C14H21ClN2O2S/c1-10-4-3-7-17(11(10)2)20(18,19)13-6-5-12(9-16)14(15)8-13/h5-6,8,10-11H,3-4,7,9,16H2,1-2H3. The van der Waals surface area contributed by atoms with E-state index in [1.807, 2.05) is 6.92 Å². The highest BCUT2D eigenvalue weighted by Crippen LogP contribution is 2.30. The van der Waals surface area contributed by atoms with Gasteiger partial charge in [0, 0.05) is 24.2 Å². The van der Waals surface area contributed by atoms with Crippen LogP contribution in [0.25, 0.3) is 0 Å². The molecule has 2 N–H and O–H groups in total. The molecule has 1 saturated heterocycles. The van der Waals surface area contributed by atoms with Crippen LogP contribution in [0.3, 0.4) is 0 Å². The zero-order valence-corrected chi connectivity index (χ0v) is 13.4. The van der Waals surface area contributed by atoms with Crippen LogP contribution in [0.2, 0.25) is 5.02 Å². The minimum Gasteiger partial charge on any atom is -0.326 e. The van der Waals surface area contributed by atoms with Gasteiger partial charge in [-0.3, -0.25) is 0 Å². The van der Waals surface area contributed by atoms with E-state index >= 15 is 0 Å². The average molecular weight is 317 g/mol. The number of benzene rings is 1. The second-order valence-electron chi connectivity index (χ2n) is 5.43. The molecule has 1 aromatic rings. The number of nitrogens with two attached hydrogens (primary N) is 1. The maximum Gasteiger partial charge on any atom is 0.243 e. The molecule has 0 aromatic heterocycles. The molecule has 6 heteroatoms. The molecule has 112 valence electrons. The third-order valence-corrected chi connectivity index (χ3v) is 6.50. The molecule has 0 bridgehead atoms. The number of piperidine rings is 1. The highest BCUT2D eigenvalue weighted by molar-refractivity contribution is 7.89. The van der Waals surface area contributed by atoms with Gasteiger partial charge in [0.05, 0.1) is 4.90 Å². The highest BCUT2D eigenvalue weighted by atomic mass is 35.5. The van der Waals surface area contributed by atoms with E-state index in [9.17, 15) is 8.42 Å². The van der Waals surface area contributed by atoms with Crippen LogP contribution in [0.15, 0.2) is 23.1 Å². The van der Waals surface area contributed by atoms with E-state index in [1.165, 1.54) is 6.07 Å². The van der Waals surface area contributed by atoms with Crippen molar-refractivity contribution in [3.63, 3.8) is 0 Å². The van der Waals surface area contributed by atoms with Crippen molar-refractivity contribution in [1.82, 2.24) is 4.31 Å².